The Bertz CT molecular complexity index is 1400. The third-order valence-electron chi connectivity index (χ3n) is 5.75. The van der Waals surface area contributed by atoms with Gasteiger partial charge < -0.3 is 14.2 Å². The first-order valence-electron chi connectivity index (χ1n) is 11.2. The van der Waals surface area contributed by atoms with E-state index < -0.39 is 15.4 Å². The highest BCUT2D eigenvalue weighted by Crippen LogP contribution is 2.29. The summed E-state index contributed by atoms with van der Waals surface area (Å²) in [7, 11) is -1.35. The van der Waals surface area contributed by atoms with Crippen molar-refractivity contribution < 1.29 is 17.9 Å². The molecule has 0 spiro atoms. The number of fused-ring (bicyclic) bond motifs is 1. The Morgan fingerprint density at radius 3 is 2.35 bits per heavy atom. The van der Waals surface area contributed by atoms with Gasteiger partial charge in [-0.2, -0.15) is 0 Å². The maximum atomic E-state index is 12.4. The molecule has 1 aromatic carbocycles. The van der Waals surface area contributed by atoms with E-state index in [0.717, 1.165) is 39.4 Å². The van der Waals surface area contributed by atoms with Crippen LogP contribution < -0.4 is 0 Å². The first-order chi connectivity index (χ1) is 15.8. The van der Waals surface area contributed by atoms with E-state index in [1.807, 2.05) is 51.5 Å². The standard InChI is InChI=1S/C25H30N4O4S/c1-16-15-20(17-11-13-29(14-12-17)24(30)33-25(2,3)4)26-23-21(16)27-22(28(23)5)18-7-9-19(10-8-18)34(6,31)32/h7-11,15H,12-14H2,1-6H3. The van der Waals surface area contributed by atoms with Crippen molar-refractivity contribution in [2.24, 2.45) is 7.05 Å². The second-order valence-electron chi connectivity index (χ2n) is 9.69. The van der Waals surface area contributed by atoms with Crippen molar-refractivity contribution in [3.05, 3.63) is 47.7 Å². The van der Waals surface area contributed by atoms with Gasteiger partial charge in [-0.05, 0) is 75.6 Å². The van der Waals surface area contributed by atoms with Gasteiger partial charge in [-0.3, -0.25) is 0 Å². The summed E-state index contributed by atoms with van der Waals surface area (Å²) in [6.07, 6.45) is 3.61. The number of amides is 1. The summed E-state index contributed by atoms with van der Waals surface area (Å²) in [5.41, 5.74) is 4.82. The first-order valence-corrected chi connectivity index (χ1v) is 13.0. The van der Waals surface area contributed by atoms with Gasteiger partial charge in [-0.25, -0.2) is 23.2 Å². The Hall–Kier alpha value is -3.20. The molecule has 0 saturated carbocycles. The van der Waals surface area contributed by atoms with Gasteiger partial charge in [0, 0.05) is 32.0 Å². The molecule has 0 aliphatic carbocycles. The molecule has 4 rings (SSSR count). The van der Waals surface area contributed by atoms with Crippen LogP contribution >= 0.6 is 0 Å². The summed E-state index contributed by atoms with van der Waals surface area (Å²) >= 11 is 0. The van der Waals surface area contributed by atoms with Crippen LogP contribution in [0.2, 0.25) is 0 Å². The second kappa shape index (κ2) is 8.54. The molecule has 1 aliphatic heterocycles. The van der Waals surface area contributed by atoms with Crippen LogP contribution in [0.4, 0.5) is 4.79 Å². The fourth-order valence-corrected chi connectivity index (χ4v) is 4.60. The highest BCUT2D eigenvalue weighted by Gasteiger charge is 2.25. The van der Waals surface area contributed by atoms with Crippen LogP contribution in [-0.4, -0.2) is 58.9 Å². The number of pyridine rings is 1. The maximum Gasteiger partial charge on any atom is 0.410 e. The molecule has 0 N–H and O–H groups in total. The lowest BCUT2D eigenvalue weighted by Crippen LogP contribution is -2.39. The Morgan fingerprint density at radius 2 is 1.79 bits per heavy atom. The van der Waals surface area contributed by atoms with E-state index in [0.29, 0.717) is 19.5 Å². The molecule has 0 fully saturated rings. The molecular weight excluding hydrogens is 452 g/mol. The van der Waals surface area contributed by atoms with Crippen molar-refractivity contribution >= 4 is 32.7 Å². The van der Waals surface area contributed by atoms with Crippen molar-refractivity contribution in [1.29, 1.82) is 0 Å². The van der Waals surface area contributed by atoms with Crippen LogP contribution in [0.1, 0.15) is 38.4 Å². The van der Waals surface area contributed by atoms with Crippen LogP contribution in [0.15, 0.2) is 41.3 Å². The van der Waals surface area contributed by atoms with Crippen LogP contribution in [0.3, 0.4) is 0 Å². The van der Waals surface area contributed by atoms with Crippen molar-refractivity contribution in [3.63, 3.8) is 0 Å². The van der Waals surface area contributed by atoms with Gasteiger partial charge in [0.15, 0.2) is 15.5 Å². The number of carbonyl (C=O) groups is 1. The predicted octanol–water partition coefficient (Wildman–Crippen LogP) is 4.37. The van der Waals surface area contributed by atoms with Crippen LogP contribution in [0.5, 0.6) is 0 Å². The quantitative estimate of drug-likeness (QED) is 0.550. The summed E-state index contributed by atoms with van der Waals surface area (Å²) in [5.74, 6) is 0.719. The zero-order valence-corrected chi connectivity index (χ0v) is 21.2. The number of sulfone groups is 1. The van der Waals surface area contributed by atoms with Gasteiger partial charge in [0.05, 0.1) is 10.6 Å². The number of aromatic nitrogens is 3. The molecule has 34 heavy (non-hydrogen) atoms. The third kappa shape index (κ3) is 4.84. The number of rotatable bonds is 3. The molecule has 0 atom stereocenters. The zero-order chi connectivity index (χ0) is 24.8. The molecular formula is C25H30N4O4S. The minimum atomic E-state index is -3.26. The lowest BCUT2D eigenvalue weighted by atomic mass is 10.0. The van der Waals surface area contributed by atoms with Gasteiger partial charge >= 0.3 is 6.09 Å². The van der Waals surface area contributed by atoms with Crippen molar-refractivity contribution in [2.75, 3.05) is 19.3 Å². The van der Waals surface area contributed by atoms with E-state index in [1.165, 1.54) is 6.26 Å². The Balaban J connectivity index is 1.63. The van der Waals surface area contributed by atoms with Crippen molar-refractivity contribution in [3.8, 4) is 11.4 Å². The van der Waals surface area contributed by atoms with Crippen molar-refractivity contribution in [1.82, 2.24) is 19.4 Å². The smallest absolute Gasteiger partial charge is 0.410 e. The minimum Gasteiger partial charge on any atom is -0.444 e. The number of carbonyl (C=O) groups excluding carboxylic acids is 1. The van der Waals surface area contributed by atoms with Gasteiger partial charge in [0.2, 0.25) is 0 Å². The fraction of sp³-hybridized carbons (Fsp3) is 0.400. The Labute approximate surface area is 200 Å². The normalized spacial score (nSPS) is 14.9. The number of imidazole rings is 1. The SMILES string of the molecule is Cc1cc(C2=CCN(C(=O)OC(C)(C)C)CC2)nc2c1nc(-c1ccc(S(C)(=O)=O)cc1)n2C. The van der Waals surface area contributed by atoms with Gasteiger partial charge in [-0.15, -0.1) is 0 Å². The number of hydrogen-bond acceptors (Lipinski definition) is 6. The van der Waals surface area contributed by atoms with Crippen LogP contribution in [-0.2, 0) is 21.6 Å². The molecule has 0 unspecified atom stereocenters. The Kier molecular flexibility index (Phi) is 6.01. The number of hydrogen-bond donors (Lipinski definition) is 0. The number of aryl methyl sites for hydroxylation is 2. The summed E-state index contributed by atoms with van der Waals surface area (Å²) in [6, 6.07) is 8.75. The van der Waals surface area contributed by atoms with E-state index in [1.54, 1.807) is 29.2 Å². The maximum absolute atomic E-state index is 12.4. The lowest BCUT2D eigenvalue weighted by molar-refractivity contribution is 0.0270. The van der Waals surface area contributed by atoms with Crippen LogP contribution in [0.25, 0.3) is 28.1 Å². The van der Waals surface area contributed by atoms with Crippen molar-refractivity contribution in [2.45, 2.75) is 44.6 Å². The number of ether oxygens (including phenoxy) is 1. The fourth-order valence-electron chi connectivity index (χ4n) is 3.97. The van der Waals surface area contributed by atoms with Gasteiger partial charge in [0.25, 0.3) is 0 Å². The Morgan fingerprint density at radius 1 is 1.12 bits per heavy atom. The lowest BCUT2D eigenvalue weighted by Gasteiger charge is -2.29. The van der Waals surface area contributed by atoms with Crippen LogP contribution in [0, 0.1) is 6.92 Å². The summed E-state index contributed by atoms with van der Waals surface area (Å²) in [5, 5.41) is 0. The largest absolute Gasteiger partial charge is 0.444 e. The first kappa shape index (κ1) is 23.9. The topological polar surface area (TPSA) is 94.4 Å². The molecule has 8 nitrogen and oxygen atoms in total. The average Bonchev–Trinajstić information content (AvgIpc) is 3.09. The molecule has 0 saturated heterocycles. The molecule has 9 heteroatoms. The predicted molar refractivity (Wildman–Crippen MR) is 132 cm³/mol. The molecule has 3 heterocycles. The van der Waals surface area contributed by atoms with E-state index in [4.69, 9.17) is 14.7 Å². The van der Waals surface area contributed by atoms with Gasteiger partial charge in [-0.1, -0.05) is 6.08 Å². The highest BCUT2D eigenvalue weighted by molar-refractivity contribution is 7.90. The molecule has 0 bridgehead atoms. The molecule has 0 radical (unpaired) electrons. The van der Waals surface area contributed by atoms with Gasteiger partial charge in [0.1, 0.15) is 16.9 Å². The zero-order valence-electron chi connectivity index (χ0n) is 20.4. The second-order valence-corrected chi connectivity index (χ2v) is 11.7. The molecule has 3 aromatic rings. The van der Waals surface area contributed by atoms with E-state index >= 15 is 0 Å². The average molecular weight is 483 g/mol. The molecule has 1 amide bonds. The number of benzene rings is 1. The molecule has 2 aromatic heterocycles. The molecule has 180 valence electrons. The third-order valence-corrected chi connectivity index (χ3v) is 6.88. The van der Waals surface area contributed by atoms with E-state index in [-0.39, 0.29) is 11.0 Å². The molecule has 1 aliphatic rings. The monoisotopic (exact) mass is 482 g/mol. The summed E-state index contributed by atoms with van der Waals surface area (Å²) in [6.45, 7) is 8.64. The van der Waals surface area contributed by atoms with E-state index in [2.05, 4.69) is 0 Å². The minimum absolute atomic E-state index is 0.274. The summed E-state index contributed by atoms with van der Waals surface area (Å²) < 4.78 is 31.0. The summed E-state index contributed by atoms with van der Waals surface area (Å²) in [4.78, 5) is 24.0. The number of nitrogens with zero attached hydrogens (tertiary/aromatic N) is 4. The highest BCUT2D eigenvalue weighted by atomic mass is 32.2. The van der Waals surface area contributed by atoms with E-state index in [9.17, 15) is 13.2 Å².